The van der Waals surface area contributed by atoms with Crippen LogP contribution >= 0.6 is 7.82 Å². The number of fused-ring (bicyclic) bond motifs is 1. The number of nitrogens with two attached hydrogens (primary N) is 1. The lowest BCUT2D eigenvalue weighted by Crippen LogP contribution is -2.33. The van der Waals surface area contributed by atoms with Crippen LogP contribution in [0.25, 0.3) is 11.2 Å². The highest BCUT2D eigenvalue weighted by atomic mass is 31.2. The van der Waals surface area contributed by atoms with Crippen molar-refractivity contribution in [3.63, 3.8) is 0 Å². The van der Waals surface area contributed by atoms with Crippen molar-refractivity contribution in [1.29, 1.82) is 0 Å². The van der Waals surface area contributed by atoms with E-state index in [0.29, 0.717) is 0 Å². The number of nitrogens with one attached hydrogen (secondary N) is 1. The molecule has 17 heteroatoms. The monoisotopic (exact) mass is 417 g/mol. The number of anilines is 1. The van der Waals surface area contributed by atoms with Crippen LogP contribution in [0.4, 0.5) is 5.95 Å². The van der Waals surface area contributed by atoms with Gasteiger partial charge in [-0.1, -0.05) is 0 Å². The van der Waals surface area contributed by atoms with Crippen molar-refractivity contribution in [3.05, 3.63) is 16.7 Å². The molecule has 0 radical (unpaired) electrons. The van der Waals surface area contributed by atoms with Crippen molar-refractivity contribution in [2.24, 2.45) is 0 Å². The fraction of sp³-hybridized carbons (Fsp3) is 0.500. The predicted octanol–water partition coefficient (Wildman–Crippen LogP) is -5.04. The number of aromatic amines is 1. The summed E-state index contributed by atoms with van der Waals surface area (Å²) >= 11 is 0. The average molecular weight is 417 g/mol. The van der Waals surface area contributed by atoms with E-state index in [1.807, 2.05) is 0 Å². The molecule has 13 N–H and O–H groups in total. The standard InChI is InChI=1S/C10H14N5O8P.3H2O/c11-10-13-7-4(8(18)14-10)12-2-15(7)9-6(17)5(16)3(23-9)1-22-24(19,20)21;;;/h2-3,5-6,9,16-17H,1H2,(H2,19,20,21)(H3,11,13,14,18);3*1H2/t3-,5?,6?,9-;;;/m1.../s1. The van der Waals surface area contributed by atoms with Gasteiger partial charge in [0.1, 0.15) is 18.3 Å². The van der Waals surface area contributed by atoms with Crippen molar-refractivity contribution in [2.75, 3.05) is 12.3 Å². The minimum absolute atomic E-state index is 0. The van der Waals surface area contributed by atoms with Gasteiger partial charge in [0.25, 0.3) is 5.56 Å². The Morgan fingerprint density at radius 3 is 2.52 bits per heavy atom. The first-order valence-electron chi connectivity index (χ1n) is 6.61. The summed E-state index contributed by atoms with van der Waals surface area (Å²) in [6.07, 6.45) is -4.22. The lowest BCUT2D eigenvalue weighted by molar-refractivity contribution is -0.0503. The molecule has 2 aromatic rings. The Morgan fingerprint density at radius 2 is 1.93 bits per heavy atom. The first kappa shape index (κ1) is 25.0. The smallest absolute Gasteiger partial charge is 0.412 e. The van der Waals surface area contributed by atoms with E-state index in [-0.39, 0.29) is 33.5 Å². The SMILES string of the molecule is Nc1nc2c(ncn2[C@@H]2O[C@H](COP(=O)(O)O)C(O)C2O)c(=O)[nH]1.O.O.O. The van der Waals surface area contributed by atoms with Crippen LogP contribution in [0.15, 0.2) is 11.1 Å². The van der Waals surface area contributed by atoms with Gasteiger partial charge in [-0.25, -0.2) is 9.55 Å². The molecule has 3 heterocycles. The molecule has 1 saturated heterocycles. The van der Waals surface area contributed by atoms with E-state index in [2.05, 4.69) is 19.5 Å². The largest absolute Gasteiger partial charge is 0.469 e. The summed E-state index contributed by atoms with van der Waals surface area (Å²) in [6, 6.07) is 0. The van der Waals surface area contributed by atoms with E-state index in [1.165, 1.54) is 10.9 Å². The number of aromatic nitrogens is 4. The molecule has 3 rings (SSSR count). The van der Waals surface area contributed by atoms with Gasteiger partial charge in [-0.2, -0.15) is 4.98 Å². The molecule has 2 aromatic heterocycles. The fourth-order valence-corrected chi connectivity index (χ4v) is 2.74. The lowest BCUT2D eigenvalue weighted by atomic mass is 10.1. The van der Waals surface area contributed by atoms with Gasteiger partial charge in [0.15, 0.2) is 17.4 Å². The van der Waals surface area contributed by atoms with Crippen LogP contribution in [0.5, 0.6) is 0 Å². The minimum atomic E-state index is -4.76. The number of phosphoric ester groups is 1. The third kappa shape index (κ3) is 4.85. The van der Waals surface area contributed by atoms with Crippen LogP contribution in [-0.2, 0) is 13.8 Å². The maximum absolute atomic E-state index is 11.7. The number of H-pyrrole nitrogens is 1. The zero-order valence-corrected chi connectivity index (χ0v) is 14.3. The summed E-state index contributed by atoms with van der Waals surface area (Å²) in [5.74, 6) is -0.177. The second-order valence-electron chi connectivity index (χ2n) is 5.11. The second-order valence-corrected chi connectivity index (χ2v) is 6.35. The Labute approximate surface area is 149 Å². The number of nitrogen functional groups attached to an aromatic ring is 1. The highest BCUT2D eigenvalue weighted by molar-refractivity contribution is 7.46. The highest BCUT2D eigenvalue weighted by Crippen LogP contribution is 2.38. The number of hydrogen-bond donors (Lipinski definition) is 6. The molecule has 2 unspecified atom stereocenters. The van der Waals surface area contributed by atoms with Gasteiger partial charge >= 0.3 is 7.82 Å². The second kappa shape index (κ2) is 8.81. The topological polar surface area (TPSA) is 301 Å². The zero-order chi connectivity index (χ0) is 17.6. The highest BCUT2D eigenvalue weighted by Gasteiger charge is 2.45. The molecule has 27 heavy (non-hydrogen) atoms. The van der Waals surface area contributed by atoms with Gasteiger partial charge < -0.3 is 46.9 Å². The Kier molecular flexibility index (Phi) is 8.16. The minimum Gasteiger partial charge on any atom is -0.412 e. The molecule has 1 aliphatic heterocycles. The fourth-order valence-electron chi connectivity index (χ4n) is 2.40. The number of hydrogen-bond acceptors (Lipinski definition) is 9. The molecular weight excluding hydrogens is 397 g/mol. The molecule has 1 fully saturated rings. The zero-order valence-electron chi connectivity index (χ0n) is 13.4. The molecule has 0 bridgehead atoms. The quantitative estimate of drug-likeness (QED) is 0.256. The lowest BCUT2D eigenvalue weighted by Gasteiger charge is -2.16. The van der Waals surface area contributed by atoms with Crippen molar-refractivity contribution < 1.29 is 50.3 Å². The number of imidazole rings is 1. The molecule has 156 valence electrons. The molecule has 1 aliphatic rings. The molecule has 0 amide bonds. The maximum Gasteiger partial charge on any atom is 0.469 e. The predicted molar refractivity (Wildman–Crippen MR) is 87.3 cm³/mol. The van der Waals surface area contributed by atoms with Gasteiger partial charge in [0.05, 0.1) is 12.9 Å². The molecule has 0 aromatic carbocycles. The molecular formula is C10H20N5O11P. The Balaban J connectivity index is 0.00000225. The summed E-state index contributed by atoms with van der Waals surface area (Å²) in [5.41, 5.74) is 4.84. The summed E-state index contributed by atoms with van der Waals surface area (Å²) in [4.78, 5) is 39.1. The summed E-state index contributed by atoms with van der Waals surface area (Å²) in [7, 11) is -4.76. The Morgan fingerprint density at radius 1 is 1.30 bits per heavy atom. The van der Waals surface area contributed by atoms with Gasteiger partial charge in [-0.05, 0) is 0 Å². The molecule has 0 aliphatic carbocycles. The van der Waals surface area contributed by atoms with Crippen molar-refractivity contribution >= 4 is 24.9 Å². The average Bonchev–Trinajstić information content (AvgIpc) is 3.00. The van der Waals surface area contributed by atoms with Crippen LogP contribution in [0, 0.1) is 0 Å². The summed E-state index contributed by atoms with van der Waals surface area (Å²) < 4.78 is 21.6. The van der Waals surface area contributed by atoms with Crippen LogP contribution < -0.4 is 11.3 Å². The first-order chi connectivity index (χ1) is 11.2. The van der Waals surface area contributed by atoms with Crippen molar-refractivity contribution in [2.45, 2.75) is 24.5 Å². The van der Waals surface area contributed by atoms with E-state index in [9.17, 15) is 19.6 Å². The van der Waals surface area contributed by atoms with Crippen LogP contribution in [0.1, 0.15) is 6.23 Å². The number of nitrogens with zero attached hydrogens (tertiary/aromatic N) is 3. The number of rotatable bonds is 4. The third-order valence-electron chi connectivity index (χ3n) is 3.47. The number of aliphatic hydroxyl groups excluding tert-OH is 2. The third-order valence-corrected chi connectivity index (χ3v) is 3.95. The van der Waals surface area contributed by atoms with Crippen molar-refractivity contribution in [3.8, 4) is 0 Å². The van der Waals surface area contributed by atoms with E-state index >= 15 is 0 Å². The van der Waals surface area contributed by atoms with Crippen molar-refractivity contribution in [1.82, 2.24) is 19.5 Å². The van der Waals surface area contributed by atoms with Gasteiger partial charge in [0, 0.05) is 0 Å². The number of phosphoric acid groups is 1. The molecule has 16 nitrogen and oxygen atoms in total. The molecule has 4 atom stereocenters. The first-order valence-corrected chi connectivity index (χ1v) is 8.14. The Bertz CT molecular complexity index is 865. The van der Waals surface area contributed by atoms with E-state index < -0.39 is 44.5 Å². The van der Waals surface area contributed by atoms with Gasteiger partial charge in [-0.3, -0.25) is 18.9 Å². The maximum atomic E-state index is 11.7. The van der Waals surface area contributed by atoms with E-state index in [0.717, 1.165) is 0 Å². The van der Waals surface area contributed by atoms with Crippen LogP contribution in [0.3, 0.4) is 0 Å². The Hall–Kier alpha value is -1.98. The normalized spacial score (nSPS) is 24.7. The van der Waals surface area contributed by atoms with Crippen LogP contribution in [0.2, 0.25) is 0 Å². The molecule has 0 spiro atoms. The van der Waals surface area contributed by atoms with E-state index in [1.54, 1.807) is 0 Å². The number of ether oxygens (including phenoxy) is 1. The summed E-state index contributed by atoms with van der Waals surface area (Å²) in [6.45, 7) is -0.651. The van der Waals surface area contributed by atoms with E-state index in [4.69, 9.17) is 20.3 Å². The summed E-state index contributed by atoms with van der Waals surface area (Å²) in [5, 5.41) is 20.1. The van der Waals surface area contributed by atoms with Crippen LogP contribution in [-0.4, -0.2) is 80.9 Å². The number of aliphatic hydroxyl groups is 2. The van der Waals surface area contributed by atoms with Gasteiger partial charge in [0.2, 0.25) is 5.95 Å². The van der Waals surface area contributed by atoms with Gasteiger partial charge in [-0.15, -0.1) is 0 Å². The molecule has 0 saturated carbocycles.